The highest BCUT2D eigenvalue weighted by Gasteiger charge is 2.35. The van der Waals surface area contributed by atoms with Gasteiger partial charge in [-0.3, -0.25) is 0 Å². The van der Waals surface area contributed by atoms with Crippen molar-refractivity contribution < 1.29 is 19.0 Å². The molecule has 33 heavy (non-hydrogen) atoms. The van der Waals surface area contributed by atoms with Gasteiger partial charge in [-0.1, -0.05) is 74.1 Å². The van der Waals surface area contributed by atoms with Crippen molar-refractivity contribution in [3.63, 3.8) is 0 Å². The normalized spacial score (nSPS) is 17.6. The molecule has 0 amide bonds. The molecular weight excluding hydrogens is 412 g/mol. The van der Waals surface area contributed by atoms with Crippen LogP contribution in [0.2, 0.25) is 0 Å². The minimum atomic E-state index is -0.898. The van der Waals surface area contributed by atoms with Crippen molar-refractivity contribution in [1.82, 2.24) is 0 Å². The largest absolute Gasteiger partial charge is 0.461 e. The van der Waals surface area contributed by atoms with Crippen molar-refractivity contribution in [1.29, 1.82) is 0 Å². The molecule has 0 rings (SSSR count). The second-order valence-electron chi connectivity index (χ2n) is 11.1. The Morgan fingerprint density at radius 2 is 1.39 bits per heavy atom. The molecule has 5 atom stereocenters. The minimum Gasteiger partial charge on any atom is -0.461 e. The second-order valence-corrected chi connectivity index (χ2v) is 11.1. The first-order valence-electron chi connectivity index (χ1n) is 14.0. The molecular formula is C29H58O4. The summed E-state index contributed by atoms with van der Waals surface area (Å²) < 4.78 is 17.8. The molecule has 0 aromatic carbocycles. The first-order chi connectivity index (χ1) is 15.5. The number of ether oxygens (including phenoxy) is 3. The number of rotatable bonds is 20. The van der Waals surface area contributed by atoms with Crippen molar-refractivity contribution >= 4 is 5.97 Å². The molecule has 0 aromatic heterocycles. The summed E-state index contributed by atoms with van der Waals surface area (Å²) in [7, 11) is 0. The van der Waals surface area contributed by atoms with E-state index >= 15 is 0 Å². The quantitative estimate of drug-likeness (QED) is 0.168. The summed E-state index contributed by atoms with van der Waals surface area (Å²) >= 11 is 0. The van der Waals surface area contributed by atoms with Gasteiger partial charge in [-0.25, -0.2) is 4.79 Å². The summed E-state index contributed by atoms with van der Waals surface area (Å²) in [6.07, 6.45) is 10.2. The molecule has 0 aromatic rings. The first-order valence-corrected chi connectivity index (χ1v) is 14.0. The van der Waals surface area contributed by atoms with Crippen LogP contribution in [0, 0.1) is 23.7 Å². The van der Waals surface area contributed by atoms with E-state index in [1.54, 1.807) is 0 Å². The topological polar surface area (TPSA) is 44.8 Å². The Morgan fingerprint density at radius 3 is 1.91 bits per heavy atom. The van der Waals surface area contributed by atoms with Crippen LogP contribution in [0.4, 0.5) is 0 Å². The van der Waals surface area contributed by atoms with E-state index in [2.05, 4.69) is 41.5 Å². The van der Waals surface area contributed by atoms with Crippen LogP contribution in [0.15, 0.2) is 0 Å². The molecule has 4 heteroatoms. The number of hydrogen-bond acceptors (Lipinski definition) is 4. The van der Waals surface area contributed by atoms with Crippen LogP contribution in [-0.2, 0) is 19.0 Å². The molecule has 0 aliphatic rings. The van der Waals surface area contributed by atoms with Crippen molar-refractivity contribution in [2.24, 2.45) is 23.7 Å². The van der Waals surface area contributed by atoms with Gasteiger partial charge in [0.15, 0.2) is 5.60 Å². The van der Waals surface area contributed by atoms with Crippen molar-refractivity contribution in [2.75, 3.05) is 13.2 Å². The van der Waals surface area contributed by atoms with E-state index in [-0.39, 0.29) is 24.8 Å². The molecule has 0 spiro atoms. The molecule has 0 aliphatic carbocycles. The number of carbonyl (C=O) groups is 1. The lowest BCUT2D eigenvalue weighted by Gasteiger charge is -2.31. The summed E-state index contributed by atoms with van der Waals surface area (Å²) in [6.45, 7) is 22.4. The Morgan fingerprint density at radius 1 is 0.788 bits per heavy atom. The average Bonchev–Trinajstić information content (AvgIpc) is 2.78. The summed E-state index contributed by atoms with van der Waals surface area (Å²) in [5, 5.41) is 0. The smallest absolute Gasteiger partial charge is 0.338 e. The van der Waals surface area contributed by atoms with E-state index in [0.29, 0.717) is 24.9 Å². The molecule has 0 aliphatic heterocycles. The third-order valence-corrected chi connectivity index (χ3v) is 7.25. The fourth-order valence-electron chi connectivity index (χ4n) is 4.43. The summed E-state index contributed by atoms with van der Waals surface area (Å²) in [5.41, 5.74) is -0.898. The molecule has 0 saturated heterocycles. The van der Waals surface area contributed by atoms with E-state index in [0.717, 1.165) is 18.3 Å². The molecule has 5 unspecified atom stereocenters. The molecule has 0 saturated carbocycles. The Hall–Kier alpha value is -0.610. The van der Waals surface area contributed by atoms with Crippen LogP contribution in [0.1, 0.15) is 127 Å². The van der Waals surface area contributed by atoms with Gasteiger partial charge in [0.2, 0.25) is 0 Å². The van der Waals surface area contributed by atoms with Gasteiger partial charge in [-0.2, -0.15) is 0 Å². The van der Waals surface area contributed by atoms with Gasteiger partial charge >= 0.3 is 5.97 Å². The van der Waals surface area contributed by atoms with Gasteiger partial charge in [-0.15, -0.1) is 0 Å². The van der Waals surface area contributed by atoms with Crippen molar-refractivity contribution in [2.45, 2.75) is 145 Å². The highest BCUT2D eigenvalue weighted by atomic mass is 16.6. The van der Waals surface area contributed by atoms with Crippen LogP contribution in [0.3, 0.4) is 0 Å². The zero-order valence-corrected chi connectivity index (χ0v) is 23.9. The predicted molar refractivity (Wildman–Crippen MR) is 141 cm³/mol. The average molecular weight is 471 g/mol. The highest BCUT2D eigenvalue weighted by Crippen LogP contribution is 2.29. The van der Waals surface area contributed by atoms with E-state index in [4.69, 9.17) is 14.2 Å². The van der Waals surface area contributed by atoms with Gasteiger partial charge in [0.05, 0.1) is 18.8 Å². The SMILES string of the molecule is CCC(CC)CC(C)CC(CCCC(C)C)COC(C)(CC)C(=O)OCC(C)OC(C)CC. The lowest BCUT2D eigenvalue weighted by atomic mass is 9.84. The third kappa shape index (κ3) is 14.4. The fourth-order valence-corrected chi connectivity index (χ4v) is 4.43. The van der Waals surface area contributed by atoms with E-state index in [1.807, 2.05) is 27.7 Å². The lowest BCUT2D eigenvalue weighted by Crippen LogP contribution is -2.42. The fraction of sp³-hybridized carbons (Fsp3) is 0.966. The van der Waals surface area contributed by atoms with Gasteiger partial charge < -0.3 is 14.2 Å². The molecule has 4 nitrogen and oxygen atoms in total. The zero-order chi connectivity index (χ0) is 25.4. The predicted octanol–water partition coefficient (Wildman–Crippen LogP) is 8.21. The standard InChI is InChI=1S/C29H58O4/c1-11-24(8)33-25(9)20-31-28(30)29(10,14-4)32-21-27(17-15-16-22(5)6)19-23(7)18-26(12-2)13-3/h22-27H,11-21H2,1-10H3. The zero-order valence-electron chi connectivity index (χ0n) is 23.9. The van der Waals surface area contributed by atoms with Crippen LogP contribution in [0.5, 0.6) is 0 Å². The molecule has 0 fully saturated rings. The highest BCUT2D eigenvalue weighted by molar-refractivity contribution is 5.79. The van der Waals surface area contributed by atoms with Gasteiger partial charge in [0, 0.05) is 0 Å². The maximum Gasteiger partial charge on any atom is 0.338 e. The molecule has 0 heterocycles. The van der Waals surface area contributed by atoms with E-state index < -0.39 is 5.60 Å². The van der Waals surface area contributed by atoms with Crippen LogP contribution < -0.4 is 0 Å². The molecule has 0 radical (unpaired) electrons. The Labute approximate surface area is 206 Å². The summed E-state index contributed by atoms with van der Waals surface area (Å²) in [4.78, 5) is 12.9. The van der Waals surface area contributed by atoms with Crippen molar-refractivity contribution in [3.05, 3.63) is 0 Å². The minimum absolute atomic E-state index is 0.111. The number of hydrogen-bond donors (Lipinski definition) is 0. The van der Waals surface area contributed by atoms with Gasteiger partial charge in [-0.05, 0) is 76.5 Å². The van der Waals surface area contributed by atoms with Crippen molar-refractivity contribution in [3.8, 4) is 0 Å². The van der Waals surface area contributed by atoms with Gasteiger partial charge in [0.1, 0.15) is 6.61 Å². The van der Waals surface area contributed by atoms with Crippen LogP contribution in [-0.4, -0.2) is 37.0 Å². The molecule has 0 N–H and O–H groups in total. The molecule has 198 valence electrons. The monoisotopic (exact) mass is 470 g/mol. The van der Waals surface area contributed by atoms with Gasteiger partial charge in [0.25, 0.3) is 0 Å². The molecule has 0 bridgehead atoms. The maximum atomic E-state index is 12.9. The lowest BCUT2D eigenvalue weighted by molar-refractivity contribution is -0.177. The Kier molecular flexibility index (Phi) is 17.4. The number of esters is 1. The Bertz CT molecular complexity index is 488. The Balaban J connectivity index is 4.95. The number of carbonyl (C=O) groups excluding carboxylic acids is 1. The van der Waals surface area contributed by atoms with E-state index in [1.165, 1.54) is 44.9 Å². The first kappa shape index (κ1) is 32.4. The summed E-state index contributed by atoms with van der Waals surface area (Å²) in [5.74, 6) is 2.44. The van der Waals surface area contributed by atoms with E-state index in [9.17, 15) is 4.79 Å². The second kappa shape index (κ2) is 17.8. The van der Waals surface area contributed by atoms with Crippen LogP contribution in [0.25, 0.3) is 0 Å². The summed E-state index contributed by atoms with van der Waals surface area (Å²) in [6, 6.07) is 0. The van der Waals surface area contributed by atoms with Crippen LogP contribution >= 0.6 is 0 Å². The maximum absolute atomic E-state index is 12.9. The third-order valence-electron chi connectivity index (χ3n) is 7.25.